The third-order valence-electron chi connectivity index (χ3n) is 2.73. The fourth-order valence-corrected chi connectivity index (χ4v) is 4.42. The fraction of sp³-hybridized carbons (Fsp3) is 0.615. The molecular weight excluding hydrogens is 248 g/mol. The molecule has 0 spiro atoms. The fourth-order valence-electron chi connectivity index (χ4n) is 1.86. The first-order valence-corrected chi connectivity index (χ1v) is 7.69. The molecule has 0 aliphatic heterocycles. The predicted molar refractivity (Wildman–Crippen MR) is 78.2 cm³/mol. The third kappa shape index (κ3) is 2.26. The van der Waals surface area contributed by atoms with Crippen LogP contribution < -0.4 is 5.73 Å². The molecule has 2 nitrogen and oxygen atoms in total. The molecule has 0 atom stereocenters. The molecule has 0 amide bonds. The molecule has 0 radical (unpaired) electrons. The number of thiophene rings is 1. The molecule has 2 heterocycles. The molecule has 0 saturated carbocycles. The van der Waals surface area contributed by atoms with Gasteiger partial charge in [0.15, 0.2) is 0 Å². The van der Waals surface area contributed by atoms with Crippen molar-refractivity contribution >= 4 is 32.9 Å². The summed E-state index contributed by atoms with van der Waals surface area (Å²) >= 11 is 3.67. The second kappa shape index (κ2) is 4.34. The highest BCUT2D eigenvalue weighted by Gasteiger charge is 2.26. The van der Waals surface area contributed by atoms with Crippen molar-refractivity contribution in [1.82, 2.24) is 4.98 Å². The van der Waals surface area contributed by atoms with E-state index >= 15 is 0 Å². The minimum Gasteiger partial charge on any atom is -0.321 e. The summed E-state index contributed by atoms with van der Waals surface area (Å²) in [4.78, 5) is 7.41. The smallest absolute Gasteiger partial charge is 0.0976 e. The van der Waals surface area contributed by atoms with Crippen molar-refractivity contribution in [2.24, 2.45) is 5.73 Å². The Kier molecular flexibility index (Phi) is 3.31. The van der Waals surface area contributed by atoms with Crippen LogP contribution in [0.5, 0.6) is 0 Å². The molecule has 0 saturated heterocycles. The maximum atomic E-state index is 6.26. The minimum absolute atomic E-state index is 0.296. The van der Waals surface area contributed by atoms with Crippen LogP contribution in [0.1, 0.15) is 55.3 Å². The van der Waals surface area contributed by atoms with Crippen LogP contribution in [0, 0.1) is 0 Å². The molecule has 0 fully saturated rings. The number of aryl methyl sites for hydroxylation is 1. The summed E-state index contributed by atoms with van der Waals surface area (Å²) in [6, 6.07) is 0. The van der Waals surface area contributed by atoms with Crippen LogP contribution in [0.3, 0.4) is 0 Å². The number of aromatic nitrogens is 1. The second-order valence-electron chi connectivity index (χ2n) is 5.31. The molecule has 0 aliphatic carbocycles. The zero-order valence-corrected chi connectivity index (χ0v) is 12.8. The zero-order valence-electron chi connectivity index (χ0n) is 11.1. The van der Waals surface area contributed by atoms with Gasteiger partial charge in [-0.05, 0) is 26.2 Å². The summed E-state index contributed by atoms with van der Waals surface area (Å²) in [5.74, 6) is 0.545. The molecule has 0 aliphatic rings. The van der Waals surface area contributed by atoms with Crippen LogP contribution in [0.15, 0.2) is 0 Å². The lowest BCUT2D eigenvalue weighted by Crippen LogP contribution is -2.27. The van der Waals surface area contributed by atoms with Gasteiger partial charge in [-0.25, -0.2) is 4.98 Å². The van der Waals surface area contributed by atoms with Gasteiger partial charge in [-0.2, -0.15) is 0 Å². The lowest BCUT2D eigenvalue weighted by molar-refractivity contribution is 0.570. The van der Waals surface area contributed by atoms with Crippen molar-refractivity contribution in [3.05, 3.63) is 14.8 Å². The number of nitrogens with zero attached hydrogens (tertiary/aromatic N) is 1. The standard InChI is InChI=1S/C13H20N2S2/c1-6-8-15-9-11(16-8)10(7(2)3)17-12(9)13(4,5)14/h7H,6,14H2,1-5H3. The van der Waals surface area contributed by atoms with Crippen molar-refractivity contribution in [2.45, 2.75) is 52.5 Å². The van der Waals surface area contributed by atoms with Gasteiger partial charge in [0.05, 0.1) is 20.1 Å². The van der Waals surface area contributed by atoms with Gasteiger partial charge in [0.2, 0.25) is 0 Å². The van der Waals surface area contributed by atoms with Gasteiger partial charge in [0.25, 0.3) is 0 Å². The van der Waals surface area contributed by atoms with Gasteiger partial charge in [-0.1, -0.05) is 20.8 Å². The molecule has 94 valence electrons. The van der Waals surface area contributed by atoms with E-state index in [1.165, 1.54) is 19.5 Å². The van der Waals surface area contributed by atoms with Crippen molar-refractivity contribution in [3.63, 3.8) is 0 Å². The molecule has 0 aromatic carbocycles. The summed E-state index contributed by atoms with van der Waals surface area (Å²) < 4.78 is 1.36. The number of thiazole rings is 1. The largest absolute Gasteiger partial charge is 0.321 e. The minimum atomic E-state index is -0.296. The Morgan fingerprint density at radius 3 is 2.41 bits per heavy atom. The maximum absolute atomic E-state index is 6.26. The Bertz CT molecular complexity index is 529. The quantitative estimate of drug-likeness (QED) is 0.904. The van der Waals surface area contributed by atoms with Gasteiger partial charge in [0.1, 0.15) is 0 Å². The number of rotatable bonds is 3. The Balaban J connectivity index is 2.72. The van der Waals surface area contributed by atoms with Gasteiger partial charge in [-0.3, -0.25) is 0 Å². The first-order chi connectivity index (χ1) is 7.84. The molecule has 17 heavy (non-hydrogen) atoms. The first kappa shape index (κ1) is 13.0. The van der Waals surface area contributed by atoms with Gasteiger partial charge in [0, 0.05) is 10.4 Å². The maximum Gasteiger partial charge on any atom is 0.0976 e. The molecule has 2 aromatic rings. The topological polar surface area (TPSA) is 38.9 Å². The molecule has 0 bridgehead atoms. The van der Waals surface area contributed by atoms with Crippen molar-refractivity contribution in [2.75, 3.05) is 0 Å². The van der Waals surface area contributed by atoms with E-state index in [-0.39, 0.29) is 5.54 Å². The van der Waals surface area contributed by atoms with Crippen LogP contribution >= 0.6 is 22.7 Å². The van der Waals surface area contributed by atoms with E-state index in [1.807, 2.05) is 22.7 Å². The van der Waals surface area contributed by atoms with Gasteiger partial charge in [-0.15, -0.1) is 22.7 Å². The summed E-state index contributed by atoms with van der Waals surface area (Å²) in [5, 5.41) is 1.22. The lowest BCUT2D eigenvalue weighted by Gasteiger charge is -2.16. The molecule has 2 N–H and O–H groups in total. The summed E-state index contributed by atoms with van der Waals surface area (Å²) in [7, 11) is 0. The predicted octanol–water partition coefficient (Wildman–Crippen LogP) is 4.24. The van der Waals surface area contributed by atoms with Crippen LogP contribution in [0.2, 0.25) is 0 Å². The Labute approximate surface area is 111 Å². The van der Waals surface area contributed by atoms with E-state index in [0.717, 1.165) is 11.9 Å². The average Bonchev–Trinajstić information content (AvgIpc) is 2.71. The zero-order chi connectivity index (χ0) is 12.8. The van der Waals surface area contributed by atoms with Crippen LogP contribution in [-0.4, -0.2) is 4.98 Å². The van der Waals surface area contributed by atoms with E-state index in [4.69, 9.17) is 10.7 Å². The Morgan fingerprint density at radius 2 is 1.94 bits per heavy atom. The number of nitrogens with two attached hydrogens (primary N) is 1. The van der Waals surface area contributed by atoms with Gasteiger partial charge < -0.3 is 5.73 Å². The molecule has 0 unspecified atom stereocenters. The van der Waals surface area contributed by atoms with Crippen molar-refractivity contribution in [1.29, 1.82) is 0 Å². The van der Waals surface area contributed by atoms with Crippen LogP contribution in [0.4, 0.5) is 0 Å². The van der Waals surface area contributed by atoms with E-state index in [2.05, 4.69) is 34.6 Å². The molecule has 2 aromatic heterocycles. The monoisotopic (exact) mass is 268 g/mol. The van der Waals surface area contributed by atoms with Gasteiger partial charge >= 0.3 is 0 Å². The summed E-state index contributed by atoms with van der Waals surface area (Å²) in [6.07, 6.45) is 1.01. The number of hydrogen-bond acceptors (Lipinski definition) is 4. The molecule has 4 heteroatoms. The number of hydrogen-bond donors (Lipinski definition) is 1. The first-order valence-electron chi connectivity index (χ1n) is 6.06. The average molecular weight is 268 g/mol. The molecular formula is C13H20N2S2. The van der Waals surface area contributed by atoms with Crippen LogP contribution in [0.25, 0.3) is 10.2 Å². The highest BCUT2D eigenvalue weighted by molar-refractivity contribution is 7.24. The highest BCUT2D eigenvalue weighted by Crippen LogP contribution is 2.42. The Hall–Kier alpha value is -0.450. The summed E-state index contributed by atoms with van der Waals surface area (Å²) in [5.41, 5.74) is 7.11. The van der Waals surface area contributed by atoms with E-state index in [1.54, 1.807) is 0 Å². The van der Waals surface area contributed by atoms with E-state index in [0.29, 0.717) is 5.92 Å². The normalized spacial score (nSPS) is 12.9. The second-order valence-corrected chi connectivity index (χ2v) is 7.45. The lowest BCUT2D eigenvalue weighted by atomic mass is 10.0. The summed E-state index contributed by atoms with van der Waals surface area (Å²) in [6.45, 7) is 10.8. The highest BCUT2D eigenvalue weighted by atomic mass is 32.1. The molecule has 2 rings (SSSR count). The SMILES string of the molecule is CCc1nc2c(C(C)(C)N)sc(C(C)C)c2s1. The van der Waals surface area contributed by atoms with Crippen molar-refractivity contribution < 1.29 is 0 Å². The Morgan fingerprint density at radius 1 is 1.29 bits per heavy atom. The van der Waals surface area contributed by atoms with E-state index < -0.39 is 0 Å². The third-order valence-corrected chi connectivity index (χ3v) is 5.92. The van der Waals surface area contributed by atoms with Crippen molar-refractivity contribution in [3.8, 4) is 0 Å². The van der Waals surface area contributed by atoms with E-state index in [9.17, 15) is 0 Å². The number of fused-ring (bicyclic) bond motifs is 1. The van der Waals surface area contributed by atoms with Crippen LogP contribution in [-0.2, 0) is 12.0 Å².